The molecule has 25 heteroatoms. The number of carbonyl (C=O) groups is 2. The molecule has 25 nitrogen and oxygen atoms in total. The Morgan fingerprint density at radius 2 is 0.806 bits per heavy atom. The van der Waals surface area contributed by atoms with E-state index in [2.05, 4.69) is 36.6 Å². The van der Waals surface area contributed by atoms with Crippen molar-refractivity contribution in [3.8, 4) is 0 Å². The van der Waals surface area contributed by atoms with Crippen LogP contribution in [0.5, 0.6) is 0 Å². The predicted molar refractivity (Wildman–Crippen MR) is 345 cm³/mol. The Morgan fingerprint density at radius 1 is 0.419 bits per heavy atom. The summed E-state index contributed by atoms with van der Waals surface area (Å²) in [6, 6.07) is -2.68. The van der Waals surface area contributed by atoms with Crippen LogP contribution in [0.2, 0.25) is 0 Å². The Balaban J connectivity index is 1.34. The molecule has 544 valence electrons. The molecule has 0 aromatic carbocycles. The third kappa shape index (κ3) is 29.5. The van der Waals surface area contributed by atoms with Crippen LogP contribution in [0.15, 0.2) is 24.3 Å². The Morgan fingerprint density at radius 3 is 1.29 bits per heavy atom. The van der Waals surface area contributed by atoms with Crippen LogP contribution in [0.25, 0.3) is 0 Å². The summed E-state index contributed by atoms with van der Waals surface area (Å²) < 4.78 is 46.9. The average molecular weight is 1340 g/mol. The minimum Gasteiger partial charge on any atom is -0.394 e. The SMILES string of the molecule is CCCCCCCC/C=C\CCCCCCCCCCCCCC(=O)N[C@@H](CO[C@@H]1OC(CO)[C@@H](O[C@@H]2OC(CO)[C@H](O)[C@H](O[C@@H]3OC(CO)[C@@H](O)[C@H](O[C@@H]4OC(CO)[C@H](O)[C@H](O)C4O)C3NC(C)=O)C2O)[C@H](O)C1O)[C@H](O)/C=C/CCCCCCCCCCCCC. The third-order valence-corrected chi connectivity index (χ3v) is 18.3. The first-order valence-electron chi connectivity index (χ1n) is 35.6. The minimum absolute atomic E-state index is 0.207. The maximum absolute atomic E-state index is 13.5. The molecule has 0 aromatic heterocycles. The van der Waals surface area contributed by atoms with E-state index in [0.717, 1.165) is 51.9 Å². The molecule has 4 heterocycles. The monoisotopic (exact) mass is 1340 g/mol. The average Bonchev–Trinajstić information content (AvgIpc) is 0.780. The van der Waals surface area contributed by atoms with Gasteiger partial charge in [-0.1, -0.05) is 192 Å². The summed E-state index contributed by atoms with van der Waals surface area (Å²) in [5.41, 5.74) is 0. The van der Waals surface area contributed by atoms with Crippen LogP contribution in [0, 0.1) is 0 Å². The number of amides is 2. The molecule has 4 rings (SSSR count). The highest BCUT2D eigenvalue weighted by molar-refractivity contribution is 5.76. The predicted octanol–water partition coefficient (Wildman–Crippen LogP) is 3.90. The Kier molecular flexibility index (Phi) is 43.1. The molecule has 0 bridgehead atoms. The number of carbonyl (C=O) groups excluding carboxylic acids is 2. The standard InChI is InChI=1S/C68H124N2O23/c1-4-6-8-10-12-14-16-18-19-20-21-22-23-24-25-27-29-31-33-35-37-39-52(77)70-46(47(76)38-36-34-32-30-28-26-17-15-13-11-9-7-5-2)44-86-66-60(84)58(82)62(51(43-74)90-66)91-68-61(85)64(56(80)50(42-73)89-68)93-65-53(69-45(3)75)63(55(79)49(41-72)87-65)92-67-59(83)57(81)54(78)48(40-71)88-67/h18-19,36,38,46-51,53-68,71-74,76,78-85H,4-17,20-35,37,39-44H2,1-3H3,(H,69,75)(H,70,77)/b19-18-,38-36+/t46-,47+,48?,49?,50?,51?,53?,54-,55+,56-,57-,58+,59?,60?,61?,62+,63+,64-,65-,66+,67-,68-/m0/s1. The van der Waals surface area contributed by atoms with Crippen LogP contribution in [0.3, 0.4) is 0 Å². The van der Waals surface area contributed by atoms with E-state index in [4.69, 9.17) is 37.9 Å². The van der Waals surface area contributed by atoms with Gasteiger partial charge in [-0.3, -0.25) is 9.59 Å². The van der Waals surface area contributed by atoms with Crippen LogP contribution in [-0.4, -0.2) is 246 Å². The maximum atomic E-state index is 13.5. The molecule has 8 unspecified atom stereocenters. The molecule has 15 N–H and O–H groups in total. The molecule has 4 aliphatic heterocycles. The number of ether oxygens (including phenoxy) is 8. The second-order valence-corrected chi connectivity index (χ2v) is 26.1. The highest BCUT2D eigenvalue weighted by Crippen LogP contribution is 2.35. The lowest BCUT2D eigenvalue weighted by Crippen LogP contribution is -2.70. The second kappa shape index (κ2) is 48.3. The number of hydrogen-bond acceptors (Lipinski definition) is 23. The first kappa shape index (κ1) is 83.0. The van der Waals surface area contributed by atoms with E-state index < -0.39 is 174 Å². The molecule has 0 aromatic rings. The van der Waals surface area contributed by atoms with E-state index in [1.54, 1.807) is 6.08 Å². The zero-order valence-electron chi connectivity index (χ0n) is 56.1. The fourth-order valence-electron chi connectivity index (χ4n) is 12.5. The molecule has 22 atom stereocenters. The van der Waals surface area contributed by atoms with E-state index in [1.165, 1.54) is 141 Å². The van der Waals surface area contributed by atoms with Gasteiger partial charge in [0.25, 0.3) is 0 Å². The van der Waals surface area contributed by atoms with Gasteiger partial charge < -0.3 is 115 Å². The number of rotatable bonds is 50. The van der Waals surface area contributed by atoms with Crippen LogP contribution in [0.4, 0.5) is 0 Å². The van der Waals surface area contributed by atoms with E-state index in [1.807, 2.05) is 6.08 Å². The lowest BCUT2D eigenvalue weighted by atomic mass is 9.94. The van der Waals surface area contributed by atoms with Crippen LogP contribution in [0.1, 0.15) is 226 Å². The summed E-state index contributed by atoms with van der Waals surface area (Å²) in [4.78, 5) is 26.1. The summed E-state index contributed by atoms with van der Waals surface area (Å²) >= 11 is 0. The fourth-order valence-corrected chi connectivity index (χ4v) is 12.5. The number of aliphatic hydroxyl groups is 13. The van der Waals surface area contributed by atoms with Gasteiger partial charge in [0.05, 0.1) is 45.2 Å². The highest BCUT2D eigenvalue weighted by atomic mass is 16.8. The summed E-state index contributed by atoms with van der Waals surface area (Å²) in [6.45, 7) is 1.56. The first-order chi connectivity index (χ1) is 45.0. The molecule has 0 saturated carbocycles. The van der Waals surface area contributed by atoms with Gasteiger partial charge in [-0.2, -0.15) is 0 Å². The normalized spacial score (nSPS) is 32.5. The number of nitrogens with one attached hydrogen (secondary N) is 2. The van der Waals surface area contributed by atoms with Gasteiger partial charge in [-0.05, 0) is 44.9 Å². The lowest BCUT2D eigenvalue weighted by molar-refractivity contribution is -0.381. The first-order valence-corrected chi connectivity index (χ1v) is 35.6. The summed E-state index contributed by atoms with van der Waals surface area (Å²) in [5, 5.41) is 147. The van der Waals surface area contributed by atoms with Crippen molar-refractivity contribution in [1.29, 1.82) is 0 Å². The van der Waals surface area contributed by atoms with E-state index in [-0.39, 0.29) is 12.3 Å². The van der Waals surface area contributed by atoms with Crippen LogP contribution >= 0.6 is 0 Å². The molecule has 0 spiro atoms. The van der Waals surface area contributed by atoms with Gasteiger partial charge in [-0.25, -0.2) is 0 Å². The van der Waals surface area contributed by atoms with Crippen molar-refractivity contribution in [1.82, 2.24) is 10.6 Å². The molecule has 2 amide bonds. The van der Waals surface area contributed by atoms with Crippen molar-refractivity contribution < 1.29 is 114 Å². The van der Waals surface area contributed by atoms with E-state index in [0.29, 0.717) is 12.8 Å². The Bertz CT molecular complexity index is 1980. The second-order valence-electron chi connectivity index (χ2n) is 26.1. The molecular weight excluding hydrogens is 1210 g/mol. The molecule has 4 fully saturated rings. The molecular formula is C68H124N2O23. The third-order valence-electron chi connectivity index (χ3n) is 18.3. The topological polar surface area (TPSA) is 395 Å². The fraction of sp³-hybridized carbons (Fsp3) is 0.912. The van der Waals surface area contributed by atoms with Crippen molar-refractivity contribution in [3.05, 3.63) is 24.3 Å². The van der Waals surface area contributed by atoms with Gasteiger partial charge >= 0.3 is 0 Å². The lowest BCUT2D eigenvalue weighted by Gasteiger charge is -2.50. The zero-order chi connectivity index (χ0) is 67.9. The van der Waals surface area contributed by atoms with Crippen molar-refractivity contribution in [2.45, 2.75) is 361 Å². The molecule has 0 radical (unpaired) electrons. The molecule has 93 heavy (non-hydrogen) atoms. The maximum Gasteiger partial charge on any atom is 0.220 e. The number of unbranched alkanes of at least 4 members (excludes halogenated alkanes) is 28. The smallest absolute Gasteiger partial charge is 0.220 e. The Labute approximate surface area is 552 Å². The quantitative estimate of drug-likeness (QED) is 0.0303. The van der Waals surface area contributed by atoms with Crippen LogP contribution < -0.4 is 10.6 Å². The summed E-state index contributed by atoms with van der Waals surface area (Å²) in [5.74, 6) is -1.09. The number of hydrogen-bond donors (Lipinski definition) is 15. The van der Waals surface area contributed by atoms with Crippen molar-refractivity contribution >= 4 is 11.8 Å². The van der Waals surface area contributed by atoms with Crippen LogP contribution in [-0.2, 0) is 47.5 Å². The summed E-state index contributed by atoms with van der Waals surface area (Å²) in [6.07, 6.45) is 9.13. The van der Waals surface area contributed by atoms with Crippen molar-refractivity contribution in [2.75, 3.05) is 33.0 Å². The number of aliphatic hydroxyl groups excluding tert-OH is 13. The van der Waals surface area contributed by atoms with Crippen molar-refractivity contribution in [3.63, 3.8) is 0 Å². The van der Waals surface area contributed by atoms with E-state index >= 15 is 0 Å². The molecule has 0 aliphatic carbocycles. The summed E-state index contributed by atoms with van der Waals surface area (Å²) in [7, 11) is 0. The van der Waals surface area contributed by atoms with Gasteiger partial charge in [-0.15, -0.1) is 0 Å². The van der Waals surface area contributed by atoms with Gasteiger partial charge in [0.2, 0.25) is 11.8 Å². The van der Waals surface area contributed by atoms with Gasteiger partial charge in [0, 0.05) is 13.3 Å². The molecule has 4 aliphatic rings. The minimum atomic E-state index is -2.10. The van der Waals surface area contributed by atoms with E-state index in [9.17, 15) is 76.0 Å². The number of allylic oxidation sites excluding steroid dienone is 3. The highest BCUT2D eigenvalue weighted by Gasteiger charge is 2.56. The van der Waals surface area contributed by atoms with Gasteiger partial charge in [0.15, 0.2) is 25.2 Å². The van der Waals surface area contributed by atoms with Gasteiger partial charge in [0.1, 0.15) is 97.6 Å². The molecule has 4 saturated heterocycles. The Hall–Kier alpha value is -2.42. The largest absolute Gasteiger partial charge is 0.394 e. The van der Waals surface area contributed by atoms with Crippen molar-refractivity contribution in [2.24, 2.45) is 0 Å². The zero-order valence-corrected chi connectivity index (χ0v) is 56.1.